The number of aromatic nitrogens is 1. The summed E-state index contributed by atoms with van der Waals surface area (Å²) in [4.78, 5) is 4.33. The Morgan fingerprint density at radius 3 is 2.60 bits per heavy atom. The van der Waals surface area contributed by atoms with Gasteiger partial charge >= 0.3 is 0 Å². The predicted molar refractivity (Wildman–Crippen MR) is 95.6 cm³/mol. The van der Waals surface area contributed by atoms with Gasteiger partial charge in [0.05, 0.1) is 18.2 Å². The minimum Gasteiger partial charge on any atom is -0.497 e. The maximum Gasteiger partial charge on any atom is 0.201 e. The Kier molecular flexibility index (Phi) is 4.93. The molecule has 0 atom stereocenters. The number of pyridine rings is 1. The molecule has 0 spiro atoms. The first-order chi connectivity index (χ1) is 12.1. The normalized spacial score (nSPS) is 10.8. The third kappa shape index (κ3) is 3.60. The van der Waals surface area contributed by atoms with Crippen molar-refractivity contribution >= 4 is 21.8 Å². The smallest absolute Gasteiger partial charge is 0.201 e. The van der Waals surface area contributed by atoms with Crippen LogP contribution in [0.15, 0.2) is 48.7 Å². The van der Waals surface area contributed by atoms with Crippen molar-refractivity contribution in [2.75, 3.05) is 7.11 Å². The van der Waals surface area contributed by atoms with Crippen molar-refractivity contribution < 1.29 is 13.2 Å². The monoisotopic (exact) mass is 353 g/mol. The van der Waals surface area contributed by atoms with E-state index < -0.39 is 10.9 Å². The highest BCUT2D eigenvalue weighted by Crippen LogP contribution is 2.32. The van der Waals surface area contributed by atoms with Gasteiger partial charge in [0.1, 0.15) is 11.8 Å². The van der Waals surface area contributed by atoms with E-state index in [9.17, 15) is 13.7 Å². The molecule has 25 heavy (non-hydrogen) atoms. The van der Waals surface area contributed by atoms with Crippen LogP contribution in [0.1, 0.15) is 11.1 Å². The summed E-state index contributed by atoms with van der Waals surface area (Å²) in [5.41, 5.74) is 3.71. The summed E-state index contributed by atoms with van der Waals surface area (Å²) in [6.07, 6.45) is 1.55. The molecule has 0 bridgehead atoms. The SMILES string of the molecule is COc1ccc2c(-c3ccc(CN[SH](=O)=O)cc3)c(C#N)cnc2c1. The average Bonchev–Trinajstić information content (AvgIpc) is 2.65. The summed E-state index contributed by atoms with van der Waals surface area (Å²) in [6.45, 7) is 0.235. The molecule has 0 aliphatic heterocycles. The number of benzene rings is 2. The molecule has 1 N–H and O–H groups in total. The van der Waals surface area contributed by atoms with Gasteiger partial charge in [-0.15, -0.1) is 0 Å². The van der Waals surface area contributed by atoms with Crippen LogP contribution in [0.3, 0.4) is 0 Å². The summed E-state index contributed by atoms with van der Waals surface area (Å²) in [5, 5.41) is 10.3. The van der Waals surface area contributed by atoms with Crippen molar-refractivity contribution in [2.45, 2.75) is 6.54 Å². The Hall–Kier alpha value is -2.95. The highest BCUT2D eigenvalue weighted by Gasteiger charge is 2.12. The number of methoxy groups -OCH3 is 1. The lowest BCUT2D eigenvalue weighted by molar-refractivity contribution is 0.415. The van der Waals surface area contributed by atoms with Gasteiger partial charge in [-0.3, -0.25) is 4.98 Å². The van der Waals surface area contributed by atoms with E-state index in [1.54, 1.807) is 13.3 Å². The Bertz CT molecular complexity index is 1030. The topological polar surface area (TPSA) is 92.1 Å². The fraction of sp³-hybridized carbons (Fsp3) is 0.111. The molecule has 0 saturated carbocycles. The average molecular weight is 353 g/mol. The van der Waals surface area contributed by atoms with Gasteiger partial charge in [0.2, 0.25) is 10.9 Å². The molecule has 1 aromatic heterocycles. The number of nitriles is 1. The Labute approximate surface area is 146 Å². The summed E-state index contributed by atoms with van der Waals surface area (Å²) in [6, 6.07) is 15.1. The molecule has 0 amide bonds. The number of hydrogen-bond donors (Lipinski definition) is 2. The van der Waals surface area contributed by atoms with Crippen LogP contribution in [-0.2, 0) is 17.4 Å². The van der Waals surface area contributed by atoms with Crippen LogP contribution in [0.2, 0.25) is 0 Å². The van der Waals surface area contributed by atoms with Crippen LogP contribution in [0, 0.1) is 11.3 Å². The first kappa shape index (κ1) is 16.9. The second-order valence-electron chi connectivity index (χ2n) is 5.33. The molecule has 6 nitrogen and oxygen atoms in total. The first-order valence-corrected chi connectivity index (χ1v) is 8.64. The Balaban J connectivity index is 2.09. The summed E-state index contributed by atoms with van der Waals surface area (Å²) < 4.78 is 28.8. The number of ether oxygens (including phenoxy) is 1. The first-order valence-electron chi connectivity index (χ1n) is 7.46. The number of hydrogen-bond acceptors (Lipinski definition) is 5. The van der Waals surface area contributed by atoms with Gasteiger partial charge in [-0.1, -0.05) is 24.3 Å². The highest BCUT2D eigenvalue weighted by molar-refractivity contribution is 7.70. The molecule has 2 aromatic carbocycles. The zero-order chi connectivity index (χ0) is 17.8. The standard InChI is InChI=1S/C18H15N3O3S/c1-24-15-6-7-16-17(8-15)20-11-14(9-19)18(16)13-4-2-12(3-5-13)10-21-25(22)23/h2-8,11,25H,10H2,1H3,(H,21,22,23). The van der Waals surface area contributed by atoms with Crippen molar-refractivity contribution in [2.24, 2.45) is 0 Å². The molecule has 3 aromatic rings. The van der Waals surface area contributed by atoms with Crippen molar-refractivity contribution in [3.05, 3.63) is 59.8 Å². The van der Waals surface area contributed by atoms with E-state index in [1.807, 2.05) is 42.5 Å². The lowest BCUT2D eigenvalue weighted by Crippen LogP contribution is -2.09. The van der Waals surface area contributed by atoms with E-state index in [2.05, 4.69) is 15.8 Å². The molecule has 0 radical (unpaired) electrons. The van der Waals surface area contributed by atoms with Crippen molar-refractivity contribution in [1.82, 2.24) is 9.71 Å². The lowest BCUT2D eigenvalue weighted by Gasteiger charge is -2.10. The fourth-order valence-corrected chi connectivity index (χ4v) is 2.95. The molecule has 126 valence electrons. The number of nitrogens with one attached hydrogen (secondary N) is 1. The van der Waals surface area contributed by atoms with Gasteiger partial charge in [-0.05, 0) is 23.3 Å². The van der Waals surface area contributed by atoms with Gasteiger partial charge in [0.25, 0.3) is 0 Å². The third-order valence-corrected chi connectivity index (χ3v) is 4.27. The molecule has 0 unspecified atom stereocenters. The maximum absolute atomic E-state index is 10.6. The number of nitrogens with zero attached hydrogens (tertiary/aromatic N) is 2. The van der Waals surface area contributed by atoms with Gasteiger partial charge in [0, 0.05) is 29.8 Å². The van der Waals surface area contributed by atoms with Crippen LogP contribution >= 0.6 is 0 Å². The van der Waals surface area contributed by atoms with E-state index in [0.29, 0.717) is 11.3 Å². The van der Waals surface area contributed by atoms with Crippen LogP contribution in [0.4, 0.5) is 0 Å². The molecule has 0 fully saturated rings. The summed E-state index contributed by atoms with van der Waals surface area (Å²) in [5.74, 6) is 0.698. The molecule has 3 rings (SSSR count). The molecule has 7 heteroatoms. The maximum atomic E-state index is 10.6. The van der Waals surface area contributed by atoms with Crippen LogP contribution in [0.5, 0.6) is 5.75 Å². The van der Waals surface area contributed by atoms with Crippen LogP contribution < -0.4 is 9.46 Å². The van der Waals surface area contributed by atoms with E-state index in [0.717, 1.165) is 27.6 Å². The predicted octanol–water partition coefficient (Wildman–Crippen LogP) is 2.40. The Morgan fingerprint density at radius 1 is 1.20 bits per heavy atom. The third-order valence-electron chi connectivity index (χ3n) is 3.85. The lowest BCUT2D eigenvalue weighted by atomic mass is 9.96. The zero-order valence-electron chi connectivity index (χ0n) is 13.4. The quantitative estimate of drug-likeness (QED) is 0.687. The van der Waals surface area contributed by atoms with Crippen LogP contribution in [0.25, 0.3) is 22.0 Å². The van der Waals surface area contributed by atoms with Crippen molar-refractivity contribution in [3.8, 4) is 22.9 Å². The zero-order valence-corrected chi connectivity index (χ0v) is 14.3. The van der Waals surface area contributed by atoms with Crippen molar-refractivity contribution in [1.29, 1.82) is 5.26 Å². The molecule has 0 aliphatic rings. The number of rotatable bonds is 5. The van der Waals surface area contributed by atoms with Crippen LogP contribution in [-0.4, -0.2) is 20.5 Å². The van der Waals surface area contributed by atoms with E-state index in [4.69, 9.17) is 4.74 Å². The van der Waals surface area contributed by atoms with Gasteiger partial charge in [-0.2, -0.15) is 5.26 Å². The summed E-state index contributed by atoms with van der Waals surface area (Å²) >= 11 is 0. The molecular formula is C18H15N3O3S. The van der Waals surface area contributed by atoms with E-state index in [-0.39, 0.29) is 6.54 Å². The second-order valence-corrected chi connectivity index (χ2v) is 6.16. The van der Waals surface area contributed by atoms with Crippen molar-refractivity contribution in [3.63, 3.8) is 0 Å². The number of thiol groups is 1. The van der Waals surface area contributed by atoms with Gasteiger partial charge < -0.3 is 4.74 Å². The fourth-order valence-electron chi connectivity index (χ4n) is 2.64. The summed E-state index contributed by atoms with van der Waals surface area (Å²) in [7, 11) is -1.03. The van der Waals surface area contributed by atoms with Gasteiger partial charge in [-0.25, -0.2) is 13.1 Å². The minimum absolute atomic E-state index is 0.235. The molecular weight excluding hydrogens is 338 g/mol. The largest absolute Gasteiger partial charge is 0.497 e. The Morgan fingerprint density at radius 2 is 1.96 bits per heavy atom. The minimum atomic E-state index is -2.63. The molecule has 0 saturated heterocycles. The number of fused-ring (bicyclic) bond motifs is 1. The highest BCUT2D eigenvalue weighted by atomic mass is 32.2. The second kappa shape index (κ2) is 7.30. The molecule has 0 aliphatic carbocycles. The van der Waals surface area contributed by atoms with E-state index >= 15 is 0 Å². The van der Waals surface area contributed by atoms with E-state index in [1.165, 1.54) is 0 Å². The molecule has 1 heterocycles. The van der Waals surface area contributed by atoms with Gasteiger partial charge in [0.15, 0.2) is 0 Å².